The molecule has 0 saturated heterocycles. The minimum atomic E-state index is 0.516. The maximum Gasteiger partial charge on any atom is 0.00837 e. The van der Waals surface area contributed by atoms with Crippen molar-refractivity contribution in [3.63, 3.8) is 0 Å². The Morgan fingerprint density at radius 1 is 1.00 bits per heavy atom. The van der Waals surface area contributed by atoms with Crippen LogP contribution < -0.4 is 0 Å². The van der Waals surface area contributed by atoms with Gasteiger partial charge in [0, 0.05) is 6.42 Å². The van der Waals surface area contributed by atoms with Crippen LogP contribution in [0.5, 0.6) is 0 Å². The molecule has 0 aromatic rings. The van der Waals surface area contributed by atoms with Gasteiger partial charge in [-0.15, -0.1) is 0 Å². The van der Waals surface area contributed by atoms with E-state index in [0.717, 1.165) is 23.7 Å². The number of hydrogen-bond acceptors (Lipinski definition) is 0. The fraction of sp³-hybridized carbons (Fsp3) is 0.706. The van der Waals surface area contributed by atoms with Gasteiger partial charge in [0.05, 0.1) is 0 Å². The minimum absolute atomic E-state index is 0.516. The van der Waals surface area contributed by atoms with Gasteiger partial charge in [-0.05, 0) is 73.7 Å². The fourth-order valence-electron chi connectivity index (χ4n) is 5.53. The highest BCUT2D eigenvalue weighted by Gasteiger charge is 2.55. The fourth-order valence-corrected chi connectivity index (χ4v) is 5.53. The van der Waals surface area contributed by atoms with E-state index in [4.69, 9.17) is 0 Å². The van der Waals surface area contributed by atoms with Gasteiger partial charge in [-0.2, -0.15) is 0 Å². The van der Waals surface area contributed by atoms with E-state index in [9.17, 15) is 0 Å². The van der Waals surface area contributed by atoms with Crippen LogP contribution in [-0.4, -0.2) is 0 Å². The van der Waals surface area contributed by atoms with Crippen molar-refractivity contribution in [1.29, 1.82) is 0 Å². The summed E-state index contributed by atoms with van der Waals surface area (Å²) in [5.41, 5.74) is 3.63. The molecule has 4 bridgehead atoms. The van der Waals surface area contributed by atoms with Crippen molar-refractivity contribution in [2.75, 3.05) is 0 Å². The Morgan fingerprint density at radius 3 is 2.06 bits per heavy atom. The van der Waals surface area contributed by atoms with Gasteiger partial charge in [-0.1, -0.05) is 24.6 Å². The first-order chi connectivity index (χ1) is 8.16. The zero-order chi connectivity index (χ0) is 11.6. The summed E-state index contributed by atoms with van der Waals surface area (Å²) in [5, 5.41) is 0. The molecular weight excluding hydrogens is 204 g/mol. The zero-order valence-electron chi connectivity index (χ0n) is 11.1. The summed E-state index contributed by atoms with van der Waals surface area (Å²) in [7, 11) is 0. The number of allylic oxidation sites excluding steroid dienone is 4. The van der Waals surface area contributed by atoms with Crippen molar-refractivity contribution in [2.24, 2.45) is 29.1 Å². The van der Waals surface area contributed by atoms with E-state index < -0.39 is 0 Å². The van der Waals surface area contributed by atoms with Crippen LogP contribution in [0, 0.1) is 35.5 Å². The Bertz CT molecular complexity index is 382. The molecule has 1 radical (unpaired) electrons. The molecule has 4 fully saturated rings. The highest BCUT2D eigenvalue weighted by Crippen LogP contribution is 2.65. The maximum absolute atomic E-state index is 2.58. The molecule has 0 spiro atoms. The maximum atomic E-state index is 2.58. The monoisotopic (exact) mass is 227 g/mol. The van der Waals surface area contributed by atoms with Crippen molar-refractivity contribution in [2.45, 2.75) is 46.0 Å². The molecule has 0 atom stereocenters. The largest absolute Gasteiger partial charge is 0.0726 e. The van der Waals surface area contributed by atoms with Crippen molar-refractivity contribution in [3.05, 3.63) is 29.7 Å². The smallest absolute Gasteiger partial charge is 0.00837 e. The van der Waals surface area contributed by atoms with Crippen molar-refractivity contribution < 1.29 is 0 Å². The van der Waals surface area contributed by atoms with Gasteiger partial charge < -0.3 is 0 Å². The predicted molar refractivity (Wildman–Crippen MR) is 71.3 cm³/mol. The third-order valence-corrected chi connectivity index (χ3v) is 6.37. The second-order valence-corrected chi connectivity index (χ2v) is 7.26. The van der Waals surface area contributed by atoms with E-state index in [2.05, 4.69) is 32.4 Å². The van der Waals surface area contributed by atoms with Crippen LogP contribution in [0.25, 0.3) is 0 Å². The minimum Gasteiger partial charge on any atom is -0.0726 e. The van der Waals surface area contributed by atoms with Gasteiger partial charge in [-0.3, -0.25) is 0 Å². The molecule has 0 unspecified atom stereocenters. The Kier molecular flexibility index (Phi) is 2.00. The van der Waals surface area contributed by atoms with Gasteiger partial charge >= 0.3 is 0 Å². The lowest BCUT2D eigenvalue weighted by molar-refractivity contribution is -0.0752. The lowest BCUT2D eigenvalue weighted by Crippen LogP contribution is -2.51. The highest BCUT2D eigenvalue weighted by atomic mass is 14.6. The quantitative estimate of drug-likeness (QED) is 0.617. The molecular formula is C17H23. The van der Waals surface area contributed by atoms with E-state index in [1.54, 1.807) is 12.0 Å². The van der Waals surface area contributed by atoms with Gasteiger partial charge in [-0.25, -0.2) is 0 Å². The average molecular weight is 227 g/mol. The second-order valence-electron chi connectivity index (χ2n) is 7.26. The SMILES string of the molecule is CC1=CC(C2(C)C3CC4CC(C3)CC2C4)=C[CH]1. The van der Waals surface area contributed by atoms with Crippen LogP contribution >= 0.6 is 0 Å². The molecule has 0 aromatic heterocycles. The molecule has 0 aromatic carbocycles. The molecule has 0 nitrogen and oxygen atoms in total. The summed E-state index contributed by atoms with van der Waals surface area (Å²) in [5.74, 6) is 4.14. The van der Waals surface area contributed by atoms with Crippen LogP contribution in [-0.2, 0) is 0 Å². The van der Waals surface area contributed by atoms with Gasteiger partial charge in [0.15, 0.2) is 0 Å². The van der Waals surface area contributed by atoms with Gasteiger partial charge in [0.25, 0.3) is 0 Å². The van der Waals surface area contributed by atoms with Crippen LogP contribution in [0.4, 0.5) is 0 Å². The van der Waals surface area contributed by atoms with Crippen molar-refractivity contribution >= 4 is 0 Å². The molecule has 0 aliphatic heterocycles. The standard InChI is InChI=1S/C17H23/c1-11-3-4-14(5-11)17(2)15-7-12-6-13(9-15)10-16(17)8-12/h3-5,12-13,15-16H,6-10H2,1-2H3. The van der Waals surface area contributed by atoms with Crippen molar-refractivity contribution in [3.8, 4) is 0 Å². The first-order valence-electron chi connectivity index (χ1n) is 7.40. The lowest BCUT2D eigenvalue weighted by atomic mass is 9.44. The summed E-state index contributed by atoms with van der Waals surface area (Å²) in [6.45, 7) is 4.82. The average Bonchev–Trinajstić information content (AvgIpc) is 2.72. The Hall–Kier alpha value is -0.520. The molecule has 17 heavy (non-hydrogen) atoms. The molecule has 5 rings (SSSR count). The molecule has 5 aliphatic rings. The van der Waals surface area contributed by atoms with Crippen LogP contribution in [0.3, 0.4) is 0 Å². The summed E-state index contributed by atoms with van der Waals surface area (Å²) in [6, 6.07) is 0. The molecule has 5 aliphatic carbocycles. The topological polar surface area (TPSA) is 0 Å². The molecule has 4 saturated carbocycles. The van der Waals surface area contributed by atoms with Gasteiger partial charge in [0.2, 0.25) is 0 Å². The zero-order valence-corrected chi connectivity index (χ0v) is 11.1. The summed E-state index contributed by atoms with van der Waals surface area (Å²) in [6.07, 6.45) is 14.8. The number of hydrogen-bond donors (Lipinski definition) is 0. The second kappa shape index (κ2) is 3.28. The lowest BCUT2D eigenvalue weighted by Gasteiger charge is -2.60. The van der Waals surface area contributed by atoms with E-state index in [-0.39, 0.29) is 0 Å². The molecule has 0 amide bonds. The molecule has 91 valence electrons. The Labute approximate surface area is 105 Å². The molecule has 0 N–H and O–H groups in total. The highest BCUT2D eigenvalue weighted by molar-refractivity contribution is 5.45. The number of rotatable bonds is 1. The third kappa shape index (κ3) is 1.30. The van der Waals surface area contributed by atoms with Crippen LogP contribution in [0.15, 0.2) is 23.3 Å². The first kappa shape index (κ1) is 10.4. The van der Waals surface area contributed by atoms with Gasteiger partial charge in [0.1, 0.15) is 0 Å². The van der Waals surface area contributed by atoms with Crippen LogP contribution in [0.1, 0.15) is 46.0 Å². The first-order valence-corrected chi connectivity index (χ1v) is 7.40. The Balaban J connectivity index is 1.74. The van der Waals surface area contributed by atoms with E-state index in [0.29, 0.717) is 5.41 Å². The Morgan fingerprint density at radius 2 is 1.59 bits per heavy atom. The summed E-state index contributed by atoms with van der Waals surface area (Å²) in [4.78, 5) is 0. The third-order valence-electron chi connectivity index (χ3n) is 6.37. The van der Waals surface area contributed by atoms with E-state index >= 15 is 0 Å². The van der Waals surface area contributed by atoms with Crippen molar-refractivity contribution in [1.82, 2.24) is 0 Å². The normalized spacial score (nSPS) is 51.6. The van der Waals surface area contributed by atoms with E-state index in [1.807, 2.05) is 0 Å². The molecule has 0 heteroatoms. The summed E-state index contributed by atoms with van der Waals surface area (Å²) >= 11 is 0. The van der Waals surface area contributed by atoms with E-state index in [1.165, 1.54) is 31.3 Å². The van der Waals surface area contributed by atoms with Crippen LogP contribution in [0.2, 0.25) is 0 Å². The predicted octanol–water partition coefficient (Wildman–Crippen LogP) is 4.54. The molecule has 0 heterocycles. The summed E-state index contributed by atoms with van der Waals surface area (Å²) < 4.78 is 0.